The predicted molar refractivity (Wildman–Crippen MR) is 57.3 cm³/mol. The smallest absolute Gasteiger partial charge is 0.323 e. The van der Waals surface area contributed by atoms with E-state index in [1.165, 1.54) is 18.2 Å². The minimum Gasteiger partial charge on any atom is -0.464 e. The van der Waals surface area contributed by atoms with Crippen LogP contribution >= 0.6 is 0 Å². The van der Waals surface area contributed by atoms with Gasteiger partial charge in [0, 0.05) is 18.5 Å². The van der Waals surface area contributed by atoms with Crippen LogP contribution in [0, 0.1) is 17.1 Å². The summed E-state index contributed by atoms with van der Waals surface area (Å²) in [7, 11) is 0. The van der Waals surface area contributed by atoms with E-state index in [4.69, 9.17) is 10.00 Å². The molecule has 1 atom stereocenters. The van der Waals surface area contributed by atoms with Crippen molar-refractivity contribution in [3.8, 4) is 6.07 Å². The normalized spacial score (nSPS) is 18.8. The highest BCUT2D eigenvalue weighted by atomic mass is 19.1. The third-order valence-corrected chi connectivity index (χ3v) is 2.65. The number of cyclic esters (lactones) is 1. The molecule has 1 aliphatic heterocycles. The summed E-state index contributed by atoms with van der Waals surface area (Å²) >= 11 is 0. The van der Waals surface area contributed by atoms with Crippen molar-refractivity contribution in [3.05, 3.63) is 35.1 Å². The number of rotatable bonds is 3. The lowest BCUT2D eigenvalue weighted by atomic mass is 10.1. The molecule has 17 heavy (non-hydrogen) atoms. The fourth-order valence-electron chi connectivity index (χ4n) is 1.69. The van der Waals surface area contributed by atoms with Gasteiger partial charge in [-0.1, -0.05) is 0 Å². The zero-order valence-electron chi connectivity index (χ0n) is 9.07. The van der Waals surface area contributed by atoms with Crippen molar-refractivity contribution < 1.29 is 13.9 Å². The van der Waals surface area contributed by atoms with Crippen LogP contribution < -0.4 is 5.32 Å². The van der Waals surface area contributed by atoms with E-state index >= 15 is 0 Å². The molecule has 1 fully saturated rings. The molecule has 1 saturated heterocycles. The summed E-state index contributed by atoms with van der Waals surface area (Å²) in [5, 5.41) is 11.6. The quantitative estimate of drug-likeness (QED) is 0.795. The average molecular weight is 234 g/mol. The number of nitrogens with one attached hydrogen (secondary N) is 1. The lowest BCUT2D eigenvalue weighted by Crippen LogP contribution is -2.32. The van der Waals surface area contributed by atoms with E-state index in [0.717, 1.165) is 0 Å². The number of hydrogen-bond donors (Lipinski definition) is 1. The summed E-state index contributed by atoms with van der Waals surface area (Å²) in [6, 6.07) is 5.72. The maximum atomic E-state index is 13.4. The average Bonchev–Trinajstić information content (AvgIpc) is 2.74. The fraction of sp³-hybridized carbons (Fsp3) is 0.333. The topological polar surface area (TPSA) is 62.1 Å². The van der Waals surface area contributed by atoms with Gasteiger partial charge in [-0.3, -0.25) is 4.79 Å². The molecular weight excluding hydrogens is 223 g/mol. The molecule has 0 saturated carbocycles. The van der Waals surface area contributed by atoms with Crippen molar-refractivity contribution >= 4 is 5.97 Å². The van der Waals surface area contributed by atoms with Gasteiger partial charge < -0.3 is 10.1 Å². The first-order chi connectivity index (χ1) is 8.20. The Morgan fingerprint density at radius 3 is 3.06 bits per heavy atom. The zero-order valence-corrected chi connectivity index (χ0v) is 9.07. The SMILES string of the molecule is N#Cc1ccc(F)c(CNC2CCOC2=O)c1. The molecule has 1 aromatic carbocycles. The number of esters is 1. The third kappa shape index (κ3) is 2.60. The maximum Gasteiger partial charge on any atom is 0.323 e. The number of hydrogen-bond acceptors (Lipinski definition) is 4. The van der Waals surface area contributed by atoms with Crippen molar-refractivity contribution in [1.82, 2.24) is 5.32 Å². The molecule has 1 N–H and O–H groups in total. The van der Waals surface area contributed by atoms with E-state index in [-0.39, 0.29) is 24.4 Å². The molecule has 88 valence electrons. The van der Waals surface area contributed by atoms with Crippen LogP contribution in [0.4, 0.5) is 4.39 Å². The standard InChI is InChI=1S/C12H11FN2O2/c13-10-2-1-8(6-14)5-9(10)7-15-11-3-4-17-12(11)16/h1-2,5,11,15H,3-4,7H2. The van der Waals surface area contributed by atoms with E-state index in [1.54, 1.807) is 0 Å². The molecule has 2 rings (SSSR count). The molecular formula is C12H11FN2O2. The summed E-state index contributed by atoms with van der Waals surface area (Å²) in [5.74, 6) is -0.690. The van der Waals surface area contributed by atoms with Gasteiger partial charge in [-0.2, -0.15) is 5.26 Å². The van der Waals surface area contributed by atoms with Gasteiger partial charge in [-0.05, 0) is 18.2 Å². The Balaban J connectivity index is 2.03. The Bertz CT molecular complexity index is 482. The number of nitrogens with zero attached hydrogens (tertiary/aromatic N) is 1. The van der Waals surface area contributed by atoms with Gasteiger partial charge in [0.15, 0.2) is 0 Å². The van der Waals surface area contributed by atoms with Crippen molar-refractivity contribution in [2.75, 3.05) is 6.61 Å². The van der Waals surface area contributed by atoms with E-state index in [1.807, 2.05) is 6.07 Å². The zero-order chi connectivity index (χ0) is 12.3. The minimum atomic E-state index is -0.386. The number of nitriles is 1. The highest BCUT2D eigenvalue weighted by Gasteiger charge is 2.25. The summed E-state index contributed by atoms with van der Waals surface area (Å²) in [5.41, 5.74) is 0.779. The second-order valence-corrected chi connectivity index (χ2v) is 3.81. The lowest BCUT2D eigenvalue weighted by Gasteiger charge is -2.09. The molecule has 1 aromatic rings. The minimum absolute atomic E-state index is 0.209. The monoisotopic (exact) mass is 234 g/mol. The molecule has 0 bridgehead atoms. The lowest BCUT2D eigenvalue weighted by molar-refractivity contribution is -0.139. The van der Waals surface area contributed by atoms with E-state index in [9.17, 15) is 9.18 Å². The van der Waals surface area contributed by atoms with Gasteiger partial charge in [-0.25, -0.2) is 4.39 Å². The van der Waals surface area contributed by atoms with Crippen LogP contribution in [0.2, 0.25) is 0 Å². The first kappa shape index (κ1) is 11.6. The number of benzene rings is 1. The van der Waals surface area contributed by atoms with Gasteiger partial charge >= 0.3 is 5.97 Å². The van der Waals surface area contributed by atoms with Crippen LogP contribution in [0.5, 0.6) is 0 Å². The summed E-state index contributed by atoms with van der Waals surface area (Å²) < 4.78 is 18.2. The summed E-state index contributed by atoms with van der Waals surface area (Å²) in [6.45, 7) is 0.609. The molecule has 1 unspecified atom stereocenters. The molecule has 0 spiro atoms. The molecule has 1 heterocycles. The van der Waals surface area contributed by atoms with Gasteiger partial charge in [0.1, 0.15) is 11.9 Å². The second kappa shape index (κ2) is 4.93. The first-order valence-corrected chi connectivity index (χ1v) is 5.29. The van der Waals surface area contributed by atoms with Crippen molar-refractivity contribution in [3.63, 3.8) is 0 Å². The molecule has 0 aliphatic carbocycles. The Kier molecular flexibility index (Phi) is 3.35. The third-order valence-electron chi connectivity index (χ3n) is 2.65. The highest BCUT2D eigenvalue weighted by Crippen LogP contribution is 2.12. The Hall–Kier alpha value is -1.93. The number of carbonyl (C=O) groups is 1. The molecule has 4 nitrogen and oxygen atoms in total. The number of ether oxygens (including phenoxy) is 1. The van der Waals surface area contributed by atoms with Crippen LogP contribution in [0.25, 0.3) is 0 Å². The van der Waals surface area contributed by atoms with Crippen molar-refractivity contribution in [2.45, 2.75) is 19.0 Å². The molecule has 5 heteroatoms. The Morgan fingerprint density at radius 1 is 1.59 bits per heavy atom. The first-order valence-electron chi connectivity index (χ1n) is 5.29. The van der Waals surface area contributed by atoms with Gasteiger partial charge in [0.25, 0.3) is 0 Å². The van der Waals surface area contributed by atoms with Crippen LogP contribution in [0.15, 0.2) is 18.2 Å². The van der Waals surface area contributed by atoms with Crippen LogP contribution in [0.3, 0.4) is 0 Å². The molecule has 0 amide bonds. The Morgan fingerprint density at radius 2 is 2.41 bits per heavy atom. The predicted octanol–water partition coefficient (Wildman–Crippen LogP) is 1.10. The van der Waals surface area contributed by atoms with Crippen LogP contribution in [-0.2, 0) is 16.1 Å². The number of carbonyl (C=O) groups excluding carboxylic acids is 1. The van der Waals surface area contributed by atoms with Crippen molar-refractivity contribution in [1.29, 1.82) is 5.26 Å². The van der Waals surface area contributed by atoms with Crippen molar-refractivity contribution in [2.24, 2.45) is 0 Å². The molecule has 1 aliphatic rings. The largest absolute Gasteiger partial charge is 0.464 e. The summed E-state index contributed by atoms with van der Waals surface area (Å²) in [4.78, 5) is 11.2. The maximum absolute atomic E-state index is 13.4. The molecule has 0 aromatic heterocycles. The summed E-state index contributed by atoms with van der Waals surface area (Å²) in [6.07, 6.45) is 0.596. The van der Waals surface area contributed by atoms with Gasteiger partial charge in [-0.15, -0.1) is 0 Å². The van der Waals surface area contributed by atoms with E-state index in [2.05, 4.69) is 5.32 Å². The van der Waals surface area contributed by atoms with E-state index in [0.29, 0.717) is 24.2 Å². The second-order valence-electron chi connectivity index (χ2n) is 3.81. The number of halogens is 1. The van der Waals surface area contributed by atoms with Crippen LogP contribution in [0.1, 0.15) is 17.5 Å². The van der Waals surface area contributed by atoms with Crippen LogP contribution in [-0.4, -0.2) is 18.6 Å². The Labute approximate surface area is 98.0 Å². The highest BCUT2D eigenvalue weighted by molar-refractivity contribution is 5.77. The molecule has 0 radical (unpaired) electrons. The van der Waals surface area contributed by atoms with Gasteiger partial charge in [0.2, 0.25) is 0 Å². The fourth-order valence-corrected chi connectivity index (χ4v) is 1.69. The van der Waals surface area contributed by atoms with E-state index < -0.39 is 0 Å². The van der Waals surface area contributed by atoms with Gasteiger partial charge in [0.05, 0.1) is 18.2 Å².